The van der Waals surface area contributed by atoms with Crippen molar-refractivity contribution in [3.63, 3.8) is 0 Å². The van der Waals surface area contributed by atoms with E-state index < -0.39 is 0 Å². The van der Waals surface area contributed by atoms with Crippen molar-refractivity contribution < 1.29 is 9.90 Å². The van der Waals surface area contributed by atoms with E-state index in [1.54, 1.807) is 0 Å². The zero-order chi connectivity index (χ0) is 10.9. The minimum atomic E-state index is 0.145. The molecule has 0 aromatic heterocycles. The fourth-order valence-corrected chi connectivity index (χ4v) is 3.81. The van der Waals surface area contributed by atoms with Crippen LogP contribution in [-0.2, 0) is 4.79 Å². The second-order valence-electron chi connectivity index (χ2n) is 4.93. The van der Waals surface area contributed by atoms with Gasteiger partial charge in [-0.2, -0.15) is 11.8 Å². The molecule has 2 atom stereocenters. The van der Waals surface area contributed by atoms with Crippen molar-refractivity contribution in [2.45, 2.75) is 30.9 Å². The van der Waals surface area contributed by atoms with Gasteiger partial charge in [-0.1, -0.05) is 0 Å². The van der Waals surface area contributed by atoms with Crippen molar-refractivity contribution in [2.24, 2.45) is 5.92 Å². The van der Waals surface area contributed by atoms with E-state index in [2.05, 4.69) is 6.92 Å². The first-order valence-electron chi connectivity index (χ1n) is 5.65. The molecule has 15 heavy (non-hydrogen) atoms. The van der Waals surface area contributed by atoms with Gasteiger partial charge in [-0.3, -0.25) is 4.79 Å². The number of aliphatic hydroxyl groups is 1. The van der Waals surface area contributed by atoms with Gasteiger partial charge in [0.05, 0.1) is 0 Å². The summed E-state index contributed by atoms with van der Waals surface area (Å²) in [7, 11) is 0. The van der Waals surface area contributed by atoms with Crippen LogP contribution in [0.3, 0.4) is 0 Å². The molecule has 2 fully saturated rings. The van der Waals surface area contributed by atoms with Gasteiger partial charge in [0.25, 0.3) is 0 Å². The third kappa shape index (κ3) is 2.48. The number of aliphatic hydroxyl groups excluding tert-OH is 1. The lowest BCUT2D eigenvalue weighted by Gasteiger charge is -2.29. The Morgan fingerprint density at radius 3 is 3.00 bits per heavy atom. The molecular weight excluding hydrogens is 210 g/mol. The molecule has 1 N–H and O–H groups in total. The van der Waals surface area contributed by atoms with E-state index >= 15 is 0 Å². The first-order chi connectivity index (χ1) is 7.13. The van der Waals surface area contributed by atoms with E-state index in [1.165, 1.54) is 18.6 Å². The van der Waals surface area contributed by atoms with Crippen LogP contribution in [0, 0.1) is 5.92 Å². The smallest absolute Gasteiger partial charge is 0.223 e. The molecule has 0 aliphatic carbocycles. The third-order valence-electron chi connectivity index (χ3n) is 3.38. The van der Waals surface area contributed by atoms with E-state index in [0.717, 1.165) is 13.1 Å². The molecule has 2 heterocycles. The lowest BCUT2D eigenvalue weighted by Crippen LogP contribution is -2.38. The van der Waals surface area contributed by atoms with E-state index in [-0.39, 0.29) is 23.2 Å². The highest BCUT2D eigenvalue weighted by atomic mass is 32.2. The van der Waals surface area contributed by atoms with Crippen LogP contribution in [0.25, 0.3) is 0 Å². The molecule has 0 aromatic rings. The van der Waals surface area contributed by atoms with Gasteiger partial charge in [-0.05, 0) is 25.5 Å². The van der Waals surface area contributed by atoms with Crippen molar-refractivity contribution in [3.05, 3.63) is 0 Å². The molecule has 0 bridgehead atoms. The third-order valence-corrected chi connectivity index (χ3v) is 4.90. The molecule has 4 heteroatoms. The summed E-state index contributed by atoms with van der Waals surface area (Å²) in [4.78, 5) is 13.6. The van der Waals surface area contributed by atoms with Gasteiger partial charge < -0.3 is 10.0 Å². The number of amides is 1. The average Bonchev–Trinajstić information content (AvgIpc) is 2.75. The molecule has 0 radical (unpaired) electrons. The Kier molecular flexibility index (Phi) is 3.26. The van der Waals surface area contributed by atoms with E-state index in [9.17, 15) is 4.79 Å². The van der Waals surface area contributed by atoms with Gasteiger partial charge in [0, 0.05) is 36.8 Å². The summed E-state index contributed by atoms with van der Waals surface area (Å²) in [6.07, 6.45) is 3.02. The first-order valence-corrected chi connectivity index (χ1v) is 6.64. The van der Waals surface area contributed by atoms with Crippen molar-refractivity contribution in [3.8, 4) is 0 Å². The molecule has 2 saturated heterocycles. The number of hydrogen-bond acceptors (Lipinski definition) is 3. The number of nitrogens with zero attached hydrogens (tertiary/aromatic N) is 1. The highest BCUT2D eigenvalue weighted by Gasteiger charge is 2.37. The van der Waals surface area contributed by atoms with Crippen LogP contribution < -0.4 is 0 Å². The number of carbonyl (C=O) groups excluding carboxylic acids is 1. The molecule has 2 aliphatic heterocycles. The van der Waals surface area contributed by atoms with E-state index in [4.69, 9.17) is 5.11 Å². The summed E-state index contributed by atoms with van der Waals surface area (Å²) >= 11 is 1.99. The van der Waals surface area contributed by atoms with Crippen LogP contribution in [0.5, 0.6) is 0 Å². The summed E-state index contributed by atoms with van der Waals surface area (Å²) in [5, 5.41) is 9.04. The molecule has 2 rings (SSSR count). The fraction of sp³-hybridized carbons (Fsp3) is 0.909. The predicted octanol–water partition coefficient (Wildman–Crippen LogP) is 1.11. The van der Waals surface area contributed by atoms with Crippen molar-refractivity contribution in [1.82, 2.24) is 4.90 Å². The monoisotopic (exact) mass is 229 g/mol. The minimum absolute atomic E-state index is 0.145. The Balaban J connectivity index is 1.92. The predicted molar refractivity (Wildman–Crippen MR) is 61.9 cm³/mol. The quantitative estimate of drug-likeness (QED) is 0.788. The maximum Gasteiger partial charge on any atom is 0.223 e. The SMILES string of the molecule is CC1(CN2CC(CO)CC2=O)CCCS1. The number of thioether (sulfide) groups is 1. The maximum absolute atomic E-state index is 11.7. The number of likely N-dealkylation sites (tertiary alicyclic amines) is 1. The highest BCUT2D eigenvalue weighted by Crippen LogP contribution is 2.39. The molecule has 2 aliphatic rings. The Bertz CT molecular complexity index is 251. The zero-order valence-corrected chi connectivity index (χ0v) is 10.1. The van der Waals surface area contributed by atoms with Crippen molar-refractivity contribution >= 4 is 17.7 Å². The molecule has 86 valence electrons. The van der Waals surface area contributed by atoms with Gasteiger partial charge in [0.1, 0.15) is 0 Å². The standard InChI is InChI=1S/C11H19NO2S/c1-11(3-2-4-15-11)8-12-6-9(7-13)5-10(12)14/h9,13H,2-8H2,1H3. The average molecular weight is 229 g/mol. The second kappa shape index (κ2) is 4.34. The number of carbonyl (C=O) groups is 1. The highest BCUT2D eigenvalue weighted by molar-refractivity contribution is 8.00. The van der Waals surface area contributed by atoms with Crippen molar-refractivity contribution in [2.75, 3.05) is 25.4 Å². The van der Waals surface area contributed by atoms with E-state index in [0.29, 0.717) is 6.42 Å². The van der Waals surface area contributed by atoms with Crippen LogP contribution >= 0.6 is 11.8 Å². The molecule has 0 spiro atoms. The second-order valence-corrected chi connectivity index (χ2v) is 6.61. The largest absolute Gasteiger partial charge is 0.396 e. The molecular formula is C11H19NO2S. The van der Waals surface area contributed by atoms with Crippen LogP contribution in [0.2, 0.25) is 0 Å². The maximum atomic E-state index is 11.7. The molecule has 2 unspecified atom stereocenters. The summed E-state index contributed by atoms with van der Waals surface area (Å²) in [5.41, 5.74) is 0. The van der Waals surface area contributed by atoms with Gasteiger partial charge in [0.2, 0.25) is 5.91 Å². The Morgan fingerprint density at radius 1 is 1.67 bits per heavy atom. The van der Waals surface area contributed by atoms with E-state index in [1.807, 2.05) is 16.7 Å². The van der Waals surface area contributed by atoms with Crippen LogP contribution in [-0.4, -0.2) is 46.1 Å². The van der Waals surface area contributed by atoms with Gasteiger partial charge in [-0.15, -0.1) is 0 Å². The molecule has 0 aromatic carbocycles. The van der Waals surface area contributed by atoms with Gasteiger partial charge in [-0.25, -0.2) is 0 Å². The topological polar surface area (TPSA) is 40.5 Å². The summed E-state index contributed by atoms with van der Waals surface area (Å²) in [6, 6.07) is 0. The first kappa shape index (κ1) is 11.3. The number of hydrogen-bond donors (Lipinski definition) is 1. The Labute approximate surface area is 95.2 Å². The summed E-state index contributed by atoms with van der Waals surface area (Å²) < 4.78 is 0.264. The van der Waals surface area contributed by atoms with Crippen LogP contribution in [0.1, 0.15) is 26.2 Å². The van der Waals surface area contributed by atoms with Crippen molar-refractivity contribution in [1.29, 1.82) is 0 Å². The normalized spacial score (nSPS) is 36.5. The molecule has 1 amide bonds. The summed E-state index contributed by atoms with van der Waals surface area (Å²) in [5.74, 6) is 1.62. The van der Waals surface area contributed by atoms with Gasteiger partial charge >= 0.3 is 0 Å². The number of rotatable bonds is 3. The van der Waals surface area contributed by atoms with Crippen LogP contribution in [0.15, 0.2) is 0 Å². The Morgan fingerprint density at radius 2 is 2.47 bits per heavy atom. The zero-order valence-electron chi connectivity index (χ0n) is 9.24. The lowest BCUT2D eigenvalue weighted by atomic mass is 10.1. The van der Waals surface area contributed by atoms with Gasteiger partial charge in [0.15, 0.2) is 0 Å². The van der Waals surface area contributed by atoms with Crippen LogP contribution in [0.4, 0.5) is 0 Å². The minimum Gasteiger partial charge on any atom is -0.396 e. The molecule has 0 saturated carbocycles. The summed E-state index contributed by atoms with van der Waals surface area (Å²) in [6.45, 7) is 4.02. The fourth-order valence-electron chi connectivity index (χ4n) is 2.49. The Hall–Kier alpha value is -0.220. The lowest BCUT2D eigenvalue weighted by molar-refractivity contribution is -0.128. The molecule has 3 nitrogen and oxygen atoms in total.